The molecule has 0 radical (unpaired) electrons. The fraction of sp³-hybridized carbons (Fsp3) is 0.688. The average molecular weight is 259 g/mol. The average Bonchev–Trinajstić information content (AvgIpc) is 2.43. The van der Waals surface area contributed by atoms with Crippen molar-refractivity contribution < 1.29 is 0 Å². The Bertz CT molecular complexity index is 367. The molecule has 0 spiro atoms. The van der Waals surface area contributed by atoms with Crippen LogP contribution in [-0.2, 0) is 0 Å². The van der Waals surface area contributed by atoms with E-state index in [-0.39, 0.29) is 0 Å². The predicted molar refractivity (Wildman–Crippen MR) is 79.4 cm³/mol. The Morgan fingerprint density at radius 1 is 1.11 bits per heavy atom. The Kier molecular flexibility index (Phi) is 4.34. The highest BCUT2D eigenvalue weighted by atomic mass is 15.1. The number of hydrogen-bond acceptors (Lipinski definition) is 3. The van der Waals surface area contributed by atoms with E-state index in [1.807, 2.05) is 12.4 Å². The van der Waals surface area contributed by atoms with Crippen LogP contribution in [0.4, 0.5) is 5.69 Å². The molecule has 0 aromatic carbocycles. The van der Waals surface area contributed by atoms with Gasteiger partial charge in [-0.3, -0.25) is 4.98 Å². The van der Waals surface area contributed by atoms with E-state index in [0.29, 0.717) is 0 Å². The molecule has 3 rings (SSSR count). The van der Waals surface area contributed by atoms with Crippen LogP contribution in [0.25, 0.3) is 0 Å². The first-order valence-corrected chi connectivity index (χ1v) is 7.80. The van der Waals surface area contributed by atoms with Crippen LogP contribution >= 0.6 is 0 Å². The molecule has 1 N–H and O–H groups in total. The van der Waals surface area contributed by atoms with Crippen LogP contribution < -0.4 is 10.2 Å². The van der Waals surface area contributed by atoms with Crippen molar-refractivity contribution in [3.8, 4) is 0 Å². The monoisotopic (exact) mass is 259 g/mol. The Morgan fingerprint density at radius 2 is 1.84 bits per heavy atom. The van der Waals surface area contributed by atoms with Crippen LogP contribution in [0.15, 0.2) is 24.5 Å². The number of pyridine rings is 1. The quantitative estimate of drug-likeness (QED) is 0.881. The molecule has 3 heteroatoms. The number of aromatic nitrogens is 1. The van der Waals surface area contributed by atoms with Crippen LogP contribution in [0, 0.1) is 5.92 Å². The van der Waals surface area contributed by atoms with E-state index in [2.05, 4.69) is 27.3 Å². The highest BCUT2D eigenvalue weighted by Gasteiger charge is 2.20. The van der Waals surface area contributed by atoms with Crippen LogP contribution in [-0.4, -0.2) is 30.7 Å². The Balaban J connectivity index is 1.37. The van der Waals surface area contributed by atoms with Gasteiger partial charge in [0.2, 0.25) is 0 Å². The normalized spacial score (nSPS) is 21.4. The summed E-state index contributed by atoms with van der Waals surface area (Å²) in [5.41, 5.74) is 1.32. The highest BCUT2D eigenvalue weighted by Crippen LogP contribution is 2.29. The molecule has 1 aliphatic heterocycles. The van der Waals surface area contributed by atoms with Gasteiger partial charge in [-0.15, -0.1) is 0 Å². The lowest BCUT2D eigenvalue weighted by Gasteiger charge is -2.34. The summed E-state index contributed by atoms with van der Waals surface area (Å²) in [5.74, 6) is 1.03. The maximum Gasteiger partial charge on any atom is 0.0397 e. The summed E-state index contributed by atoms with van der Waals surface area (Å²) in [6, 6.07) is 4.97. The van der Waals surface area contributed by atoms with Crippen molar-refractivity contribution in [2.24, 2.45) is 5.92 Å². The van der Waals surface area contributed by atoms with Crippen LogP contribution in [0.5, 0.6) is 0 Å². The molecule has 0 atom stereocenters. The summed E-state index contributed by atoms with van der Waals surface area (Å²) in [7, 11) is 0. The topological polar surface area (TPSA) is 28.2 Å². The second kappa shape index (κ2) is 6.38. The van der Waals surface area contributed by atoms with Crippen molar-refractivity contribution in [3.63, 3.8) is 0 Å². The molecule has 0 amide bonds. The minimum Gasteiger partial charge on any atom is -0.371 e. The summed E-state index contributed by atoms with van der Waals surface area (Å²) in [4.78, 5) is 6.56. The second-order valence-corrected chi connectivity index (χ2v) is 6.01. The van der Waals surface area contributed by atoms with Crippen molar-refractivity contribution >= 4 is 5.69 Å². The molecule has 3 nitrogen and oxygen atoms in total. The van der Waals surface area contributed by atoms with Gasteiger partial charge >= 0.3 is 0 Å². The number of nitrogens with zero attached hydrogens (tertiary/aromatic N) is 2. The number of hydrogen-bond donors (Lipinski definition) is 1. The zero-order valence-corrected chi connectivity index (χ0v) is 11.7. The fourth-order valence-electron chi connectivity index (χ4n) is 3.17. The molecular weight excluding hydrogens is 234 g/mol. The van der Waals surface area contributed by atoms with Gasteiger partial charge < -0.3 is 10.2 Å². The Labute approximate surface area is 116 Å². The molecule has 19 heavy (non-hydrogen) atoms. The second-order valence-electron chi connectivity index (χ2n) is 6.01. The molecule has 1 saturated carbocycles. The van der Waals surface area contributed by atoms with E-state index in [1.54, 1.807) is 0 Å². The largest absolute Gasteiger partial charge is 0.371 e. The van der Waals surface area contributed by atoms with Gasteiger partial charge in [0.25, 0.3) is 0 Å². The summed E-state index contributed by atoms with van der Waals surface area (Å²) < 4.78 is 0. The smallest absolute Gasteiger partial charge is 0.0397 e. The van der Waals surface area contributed by atoms with Crippen molar-refractivity contribution in [2.45, 2.75) is 44.6 Å². The van der Waals surface area contributed by atoms with E-state index in [9.17, 15) is 0 Å². The first kappa shape index (κ1) is 12.9. The van der Waals surface area contributed by atoms with E-state index in [0.717, 1.165) is 12.0 Å². The molecule has 2 aliphatic rings. The minimum atomic E-state index is 0.734. The molecule has 0 bridgehead atoms. The van der Waals surface area contributed by atoms with Crippen LogP contribution in [0.1, 0.15) is 38.5 Å². The summed E-state index contributed by atoms with van der Waals surface area (Å²) in [6.07, 6.45) is 12.1. The molecule has 104 valence electrons. The number of rotatable bonds is 5. The Morgan fingerprint density at radius 3 is 2.47 bits per heavy atom. The van der Waals surface area contributed by atoms with Gasteiger partial charge in [-0.1, -0.05) is 19.3 Å². The van der Waals surface area contributed by atoms with Crippen molar-refractivity contribution in [2.75, 3.05) is 24.5 Å². The zero-order valence-electron chi connectivity index (χ0n) is 11.7. The fourth-order valence-corrected chi connectivity index (χ4v) is 3.17. The summed E-state index contributed by atoms with van der Waals surface area (Å²) >= 11 is 0. The molecule has 1 saturated heterocycles. The first-order valence-electron chi connectivity index (χ1n) is 7.80. The summed E-state index contributed by atoms with van der Waals surface area (Å²) in [5, 5.41) is 3.75. The van der Waals surface area contributed by atoms with Gasteiger partial charge in [-0.25, -0.2) is 0 Å². The number of anilines is 1. The molecule has 1 aromatic rings. The third kappa shape index (κ3) is 3.47. The molecule has 2 fully saturated rings. The van der Waals surface area contributed by atoms with Gasteiger partial charge in [0.05, 0.1) is 0 Å². The van der Waals surface area contributed by atoms with E-state index in [1.165, 1.54) is 63.8 Å². The SMILES string of the molecule is c1cc(N2CCC(NCCC3CCC3)CC2)ccn1. The number of nitrogens with one attached hydrogen (secondary N) is 1. The molecule has 1 aliphatic carbocycles. The third-order valence-electron chi connectivity index (χ3n) is 4.73. The molecule has 1 aromatic heterocycles. The predicted octanol–water partition coefficient (Wildman–Crippen LogP) is 2.83. The molecule has 0 unspecified atom stereocenters. The summed E-state index contributed by atoms with van der Waals surface area (Å²) in [6.45, 7) is 3.57. The van der Waals surface area contributed by atoms with E-state index >= 15 is 0 Å². The van der Waals surface area contributed by atoms with Gasteiger partial charge in [0, 0.05) is 37.2 Å². The van der Waals surface area contributed by atoms with E-state index < -0.39 is 0 Å². The van der Waals surface area contributed by atoms with Gasteiger partial charge in [-0.2, -0.15) is 0 Å². The minimum absolute atomic E-state index is 0.734. The highest BCUT2D eigenvalue weighted by molar-refractivity contribution is 5.44. The lowest BCUT2D eigenvalue weighted by Crippen LogP contribution is -2.43. The first-order chi connectivity index (χ1) is 9.42. The maximum absolute atomic E-state index is 4.09. The van der Waals surface area contributed by atoms with Gasteiger partial charge in [0.1, 0.15) is 0 Å². The van der Waals surface area contributed by atoms with E-state index in [4.69, 9.17) is 0 Å². The molecule has 2 heterocycles. The van der Waals surface area contributed by atoms with Gasteiger partial charge in [-0.05, 0) is 43.9 Å². The van der Waals surface area contributed by atoms with Crippen LogP contribution in [0.2, 0.25) is 0 Å². The lowest BCUT2D eigenvalue weighted by atomic mass is 9.83. The van der Waals surface area contributed by atoms with Crippen molar-refractivity contribution in [1.29, 1.82) is 0 Å². The van der Waals surface area contributed by atoms with Crippen molar-refractivity contribution in [3.05, 3.63) is 24.5 Å². The third-order valence-corrected chi connectivity index (χ3v) is 4.73. The standard InChI is InChI=1S/C16H25N3/c1-2-14(3-1)4-11-18-15-7-12-19(13-8-15)16-5-9-17-10-6-16/h5-6,9-10,14-15,18H,1-4,7-8,11-13H2. The zero-order chi connectivity index (χ0) is 12.9. The lowest BCUT2D eigenvalue weighted by molar-refractivity contribution is 0.282. The number of piperidine rings is 1. The maximum atomic E-state index is 4.09. The Hall–Kier alpha value is -1.09. The van der Waals surface area contributed by atoms with Crippen molar-refractivity contribution in [1.82, 2.24) is 10.3 Å². The van der Waals surface area contributed by atoms with Crippen LogP contribution in [0.3, 0.4) is 0 Å². The molecular formula is C16H25N3. The van der Waals surface area contributed by atoms with Gasteiger partial charge in [0.15, 0.2) is 0 Å².